The molecule has 2 aromatic rings. The van der Waals surface area contributed by atoms with E-state index in [4.69, 9.17) is 4.74 Å². The quantitative estimate of drug-likeness (QED) is 0.759. The van der Waals surface area contributed by atoms with Crippen LogP contribution in [-0.4, -0.2) is 12.9 Å². The van der Waals surface area contributed by atoms with Gasteiger partial charge in [-0.15, -0.1) is 11.3 Å². The number of hydrogen-bond donors (Lipinski definition) is 0. The van der Waals surface area contributed by atoms with E-state index in [0.717, 1.165) is 26.0 Å². The van der Waals surface area contributed by atoms with Gasteiger partial charge in [-0.05, 0) is 55.0 Å². The van der Waals surface area contributed by atoms with E-state index >= 15 is 0 Å². The number of ketones is 1. The van der Waals surface area contributed by atoms with E-state index in [0.29, 0.717) is 11.3 Å². The first-order valence-electron chi connectivity index (χ1n) is 5.89. The molecule has 4 heteroatoms. The number of thiophene rings is 1. The normalized spacial score (nSPS) is 10.6. The summed E-state index contributed by atoms with van der Waals surface area (Å²) < 4.78 is 6.37. The van der Waals surface area contributed by atoms with Crippen LogP contribution in [0.3, 0.4) is 0 Å². The molecule has 0 aliphatic heterocycles. The van der Waals surface area contributed by atoms with E-state index in [1.165, 1.54) is 11.3 Å². The van der Waals surface area contributed by atoms with Gasteiger partial charge in [-0.2, -0.15) is 0 Å². The van der Waals surface area contributed by atoms with Crippen molar-refractivity contribution < 1.29 is 9.53 Å². The standard InChI is InChI=1S/C15H15BrO2S/c1-8-5-6-19-15(8)13(17)12-10(3)11(16)7-9(2)14(12)18-4/h5-7H,1-4H3. The highest BCUT2D eigenvalue weighted by atomic mass is 79.9. The fourth-order valence-corrected chi connectivity index (χ4v) is 3.52. The minimum Gasteiger partial charge on any atom is -0.496 e. The van der Waals surface area contributed by atoms with Gasteiger partial charge in [0, 0.05) is 4.47 Å². The maximum atomic E-state index is 12.7. The summed E-state index contributed by atoms with van der Waals surface area (Å²) >= 11 is 4.98. The number of benzene rings is 1. The first kappa shape index (κ1) is 14.3. The molecule has 100 valence electrons. The second-order valence-electron chi connectivity index (χ2n) is 4.47. The Morgan fingerprint density at radius 3 is 2.47 bits per heavy atom. The van der Waals surface area contributed by atoms with Gasteiger partial charge in [-0.1, -0.05) is 15.9 Å². The Morgan fingerprint density at radius 2 is 1.95 bits per heavy atom. The van der Waals surface area contributed by atoms with Gasteiger partial charge in [0.25, 0.3) is 0 Å². The van der Waals surface area contributed by atoms with Crippen LogP contribution in [0.1, 0.15) is 31.9 Å². The lowest BCUT2D eigenvalue weighted by Gasteiger charge is -2.15. The van der Waals surface area contributed by atoms with Crippen molar-refractivity contribution in [2.75, 3.05) is 7.11 Å². The molecule has 0 aliphatic carbocycles. The molecule has 0 unspecified atom stereocenters. The third kappa shape index (κ3) is 2.47. The molecule has 2 rings (SSSR count). The van der Waals surface area contributed by atoms with Gasteiger partial charge in [-0.25, -0.2) is 0 Å². The molecule has 1 aromatic carbocycles. The Labute approximate surface area is 125 Å². The number of halogens is 1. The molecule has 2 nitrogen and oxygen atoms in total. The van der Waals surface area contributed by atoms with Crippen LogP contribution in [0, 0.1) is 20.8 Å². The molecule has 0 N–H and O–H groups in total. The number of methoxy groups -OCH3 is 1. The van der Waals surface area contributed by atoms with Gasteiger partial charge in [0.1, 0.15) is 5.75 Å². The summed E-state index contributed by atoms with van der Waals surface area (Å²) in [5.41, 5.74) is 3.53. The van der Waals surface area contributed by atoms with Gasteiger partial charge >= 0.3 is 0 Å². The number of carbonyl (C=O) groups excluding carboxylic acids is 1. The summed E-state index contributed by atoms with van der Waals surface area (Å²) in [6.45, 7) is 5.83. The second-order valence-corrected chi connectivity index (χ2v) is 6.24. The molecular formula is C15H15BrO2S. The van der Waals surface area contributed by atoms with Gasteiger partial charge in [-0.3, -0.25) is 4.79 Å². The molecule has 0 saturated heterocycles. The Balaban J connectivity index is 2.68. The maximum absolute atomic E-state index is 12.7. The fourth-order valence-electron chi connectivity index (χ4n) is 2.11. The summed E-state index contributed by atoms with van der Waals surface area (Å²) in [5.74, 6) is 0.699. The topological polar surface area (TPSA) is 26.3 Å². The number of rotatable bonds is 3. The van der Waals surface area contributed by atoms with Crippen molar-refractivity contribution in [2.24, 2.45) is 0 Å². The van der Waals surface area contributed by atoms with E-state index < -0.39 is 0 Å². The van der Waals surface area contributed by atoms with Gasteiger partial charge in [0.2, 0.25) is 5.78 Å². The van der Waals surface area contributed by atoms with E-state index in [1.807, 2.05) is 38.3 Å². The molecule has 0 atom stereocenters. The molecule has 0 fully saturated rings. The fraction of sp³-hybridized carbons (Fsp3) is 0.267. The van der Waals surface area contributed by atoms with Crippen LogP contribution in [0.5, 0.6) is 5.75 Å². The summed E-state index contributed by atoms with van der Waals surface area (Å²) in [5, 5.41) is 1.94. The van der Waals surface area contributed by atoms with Crippen LogP contribution >= 0.6 is 27.3 Å². The SMILES string of the molecule is COc1c(C)cc(Br)c(C)c1C(=O)c1sccc1C. The van der Waals surface area contributed by atoms with Crippen molar-refractivity contribution in [2.45, 2.75) is 20.8 Å². The largest absolute Gasteiger partial charge is 0.496 e. The molecule has 0 saturated carbocycles. The van der Waals surface area contributed by atoms with Crippen LogP contribution in [0.2, 0.25) is 0 Å². The van der Waals surface area contributed by atoms with Gasteiger partial charge < -0.3 is 4.74 Å². The lowest BCUT2D eigenvalue weighted by atomic mass is 9.98. The van der Waals surface area contributed by atoms with Crippen molar-refractivity contribution in [1.82, 2.24) is 0 Å². The van der Waals surface area contributed by atoms with Crippen LogP contribution in [0.15, 0.2) is 22.0 Å². The molecule has 1 heterocycles. The number of aryl methyl sites for hydroxylation is 2. The molecule has 0 amide bonds. The second kappa shape index (κ2) is 5.47. The summed E-state index contributed by atoms with van der Waals surface area (Å²) in [7, 11) is 1.60. The molecule has 0 radical (unpaired) electrons. The molecule has 0 aliphatic rings. The summed E-state index contributed by atoms with van der Waals surface area (Å²) in [4.78, 5) is 13.5. The van der Waals surface area contributed by atoms with E-state index in [-0.39, 0.29) is 5.78 Å². The third-order valence-electron chi connectivity index (χ3n) is 3.16. The highest BCUT2D eigenvalue weighted by Gasteiger charge is 2.22. The zero-order valence-corrected chi connectivity index (χ0v) is 13.7. The predicted molar refractivity (Wildman–Crippen MR) is 82.7 cm³/mol. The number of ether oxygens (including phenoxy) is 1. The Hall–Kier alpha value is -1.13. The van der Waals surface area contributed by atoms with E-state index in [9.17, 15) is 4.79 Å². The van der Waals surface area contributed by atoms with Crippen molar-refractivity contribution >= 4 is 33.0 Å². The lowest BCUT2D eigenvalue weighted by Crippen LogP contribution is -2.08. The Morgan fingerprint density at radius 1 is 1.26 bits per heavy atom. The highest BCUT2D eigenvalue weighted by Crippen LogP contribution is 2.35. The molecule has 0 bridgehead atoms. The van der Waals surface area contributed by atoms with Gasteiger partial charge in [0.15, 0.2) is 0 Å². The first-order valence-corrected chi connectivity index (χ1v) is 7.57. The average molecular weight is 339 g/mol. The Bertz CT molecular complexity index is 644. The monoisotopic (exact) mass is 338 g/mol. The highest BCUT2D eigenvalue weighted by molar-refractivity contribution is 9.10. The summed E-state index contributed by atoms with van der Waals surface area (Å²) in [6.07, 6.45) is 0. The van der Waals surface area contributed by atoms with E-state index in [1.54, 1.807) is 7.11 Å². The minimum absolute atomic E-state index is 0.0336. The first-order chi connectivity index (χ1) is 8.97. The van der Waals surface area contributed by atoms with Crippen molar-refractivity contribution in [1.29, 1.82) is 0 Å². The smallest absolute Gasteiger partial charge is 0.207 e. The predicted octanol–water partition coefficient (Wildman–Crippen LogP) is 4.68. The van der Waals surface area contributed by atoms with Crippen LogP contribution in [0.4, 0.5) is 0 Å². The van der Waals surface area contributed by atoms with Crippen LogP contribution < -0.4 is 4.74 Å². The van der Waals surface area contributed by atoms with Crippen molar-refractivity contribution in [3.63, 3.8) is 0 Å². The van der Waals surface area contributed by atoms with Crippen molar-refractivity contribution in [3.8, 4) is 5.75 Å². The molecule has 19 heavy (non-hydrogen) atoms. The minimum atomic E-state index is 0.0336. The lowest BCUT2D eigenvalue weighted by molar-refractivity contribution is 0.103. The maximum Gasteiger partial charge on any atom is 0.207 e. The van der Waals surface area contributed by atoms with Crippen LogP contribution in [-0.2, 0) is 0 Å². The average Bonchev–Trinajstić information content (AvgIpc) is 2.79. The van der Waals surface area contributed by atoms with Crippen molar-refractivity contribution in [3.05, 3.63) is 49.1 Å². The zero-order chi connectivity index (χ0) is 14.2. The molecule has 0 spiro atoms. The van der Waals surface area contributed by atoms with Crippen LogP contribution in [0.25, 0.3) is 0 Å². The zero-order valence-electron chi connectivity index (χ0n) is 11.3. The Kier molecular flexibility index (Phi) is 4.11. The third-order valence-corrected chi connectivity index (χ3v) is 5.00. The summed E-state index contributed by atoms with van der Waals surface area (Å²) in [6, 6.07) is 3.94. The van der Waals surface area contributed by atoms with Gasteiger partial charge in [0.05, 0.1) is 17.6 Å². The molecular weight excluding hydrogens is 324 g/mol. The van der Waals surface area contributed by atoms with E-state index in [2.05, 4.69) is 15.9 Å². The number of carbonyl (C=O) groups is 1. The number of hydrogen-bond acceptors (Lipinski definition) is 3. The molecule has 1 aromatic heterocycles.